The summed E-state index contributed by atoms with van der Waals surface area (Å²) in [4.78, 5) is 27.8. The molecule has 0 aliphatic carbocycles. The van der Waals surface area contributed by atoms with Crippen LogP contribution in [0.1, 0.15) is 22.8 Å². The molecule has 2 aromatic carbocycles. The molecule has 1 aliphatic heterocycles. The van der Waals surface area contributed by atoms with Crippen molar-refractivity contribution in [3.63, 3.8) is 0 Å². The molecule has 0 unspecified atom stereocenters. The van der Waals surface area contributed by atoms with Crippen LogP contribution in [-0.4, -0.2) is 36.1 Å². The first-order valence-corrected chi connectivity index (χ1v) is 9.00. The van der Waals surface area contributed by atoms with E-state index in [0.29, 0.717) is 30.3 Å². The molecule has 1 atom stereocenters. The fourth-order valence-corrected chi connectivity index (χ4v) is 3.09. The normalized spacial score (nSPS) is 14.2. The lowest BCUT2D eigenvalue weighted by atomic mass is 10.1. The maximum absolute atomic E-state index is 12.6. The van der Waals surface area contributed by atoms with Crippen molar-refractivity contribution in [3.8, 4) is 11.5 Å². The molecule has 6 heteroatoms. The number of esters is 1. The van der Waals surface area contributed by atoms with Gasteiger partial charge in [0.25, 0.3) is 0 Å². The van der Waals surface area contributed by atoms with E-state index in [1.807, 2.05) is 30.3 Å². The number of para-hydroxylation sites is 1. The molecule has 2 heterocycles. The highest BCUT2D eigenvalue weighted by atomic mass is 16.6. The van der Waals surface area contributed by atoms with Crippen LogP contribution in [0.3, 0.4) is 0 Å². The van der Waals surface area contributed by atoms with Gasteiger partial charge in [-0.3, -0.25) is 4.79 Å². The number of nitrogens with one attached hydrogen (secondary N) is 1. The third-order valence-corrected chi connectivity index (χ3v) is 4.49. The van der Waals surface area contributed by atoms with Crippen LogP contribution in [0.15, 0.2) is 54.7 Å². The van der Waals surface area contributed by atoms with Gasteiger partial charge in [-0.2, -0.15) is 0 Å². The second kappa shape index (κ2) is 7.60. The quantitative estimate of drug-likeness (QED) is 0.416. The van der Waals surface area contributed by atoms with Crippen LogP contribution in [0.4, 0.5) is 0 Å². The van der Waals surface area contributed by atoms with E-state index in [2.05, 4.69) is 4.98 Å². The minimum absolute atomic E-state index is 0.251. The van der Waals surface area contributed by atoms with Gasteiger partial charge in [0.05, 0.1) is 0 Å². The third-order valence-electron chi connectivity index (χ3n) is 4.49. The fraction of sp³-hybridized carbons (Fsp3) is 0.182. The van der Waals surface area contributed by atoms with Crippen molar-refractivity contribution < 1.29 is 23.8 Å². The zero-order chi connectivity index (χ0) is 19.5. The summed E-state index contributed by atoms with van der Waals surface area (Å²) in [5.74, 6) is 0.489. The van der Waals surface area contributed by atoms with E-state index in [4.69, 9.17) is 14.2 Å². The van der Waals surface area contributed by atoms with E-state index in [1.54, 1.807) is 31.3 Å². The lowest BCUT2D eigenvalue weighted by Gasteiger charge is -2.18. The lowest BCUT2D eigenvalue weighted by molar-refractivity contribution is -0.140. The third kappa shape index (κ3) is 3.62. The summed E-state index contributed by atoms with van der Waals surface area (Å²) in [7, 11) is 0. The summed E-state index contributed by atoms with van der Waals surface area (Å²) in [6.45, 7) is 2.59. The van der Waals surface area contributed by atoms with Crippen molar-refractivity contribution in [2.75, 3.05) is 13.2 Å². The van der Waals surface area contributed by atoms with Crippen molar-refractivity contribution in [2.24, 2.45) is 0 Å². The number of rotatable bonds is 5. The van der Waals surface area contributed by atoms with Gasteiger partial charge in [0, 0.05) is 28.7 Å². The maximum Gasteiger partial charge on any atom is 0.331 e. The molecule has 6 nitrogen and oxygen atoms in total. The molecule has 0 radical (unpaired) electrons. The summed E-state index contributed by atoms with van der Waals surface area (Å²) in [6.07, 6.45) is 3.66. The van der Waals surface area contributed by atoms with Crippen LogP contribution in [0.25, 0.3) is 17.0 Å². The number of carbonyl (C=O) groups excluding carboxylic acids is 2. The molecule has 28 heavy (non-hydrogen) atoms. The Morgan fingerprint density at radius 3 is 2.75 bits per heavy atom. The number of aromatic nitrogens is 1. The molecular formula is C22H19NO5. The van der Waals surface area contributed by atoms with Gasteiger partial charge in [0.1, 0.15) is 13.2 Å². The summed E-state index contributed by atoms with van der Waals surface area (Å²) < 4.78 is 16.3. The number of Topliss-reactive ketones (excluding diaryl/α,β-unsaturated/α-hetero) is 1. The zero-order valence-electron chi connectivity index (χ0n) is 15.3. The van der Waals surface area contributed by atoms with E-state index in [-0.39, 0.29) is 5.78 Å². The Hall–Kier alpha value is -3.54. The first-order valence-electron chi connectivity index (χ1n) is 9.00. The second-order valence-electron chi connectivity index (χ2n) is 6.43. The minimum Gasteiger partial charge on any atom is -0.486 e. The van der Waals surface area contributed by atoms with Crippen LogP contribution < -0.4 is 9.47 Å². The maximum atomic E-state index is 12.6. The highest BCUT2D eigenvalue weighted by molar-refractivity contribution is 6.10. The van der Waals surface area contributed by atoms with Crippen LogP contribution in [0.2, 0.25) is 0 Å². The molecule has 1 N–H and O–H groups in total. The summed E-state index contributed by atoms with van der Waals surface area (Å²) >= 11 is 0. The van der Waals surface area contributed by atoms with Crippen LogP contribution in [-0.2, 0) is 9.53 Å². The van der Waals surface area contributed by atoms with Gasteiger partial charge in [0.15, 0.2) is 17.6 Å². The highest BCUT2D eigenvalue weighted by Gasteiger charge is 2.21. The molecule has 0 saturated carbocycles. The van der Waals surface area contributed by atoms with Gasteiger partial charge in [0.2, 0.25) is 5.78 Å². The van der Waals surface area contributed by atoms with Gasteiger partial charge in [-0.15, -0.1) is 0 Å². The summed E-state index contributed by atoms with van der Waals surface area (Å²) in [6, 6.07) is 12.9. The van der Waals surface area contributed by atoms with E-state index < -0.39 is 12.1 Å². The fourth-order valence-electron chi connectivity index (χ4n) is 3.09. The van der Waals surface area contributed by atoms with Crippen LogP contribution in [0, 0.1) is 0 Å². The number of ketones is 1. The van der Waals surface area contributed by atoms with E-state index in [0.717, 1.165) is 16.5 Å². The van der Waals surface area contributed by atoms with Gasteiger partial charge in [-0.1, -0.05) is 24.3 Å². The molecular weight excluding hydrogens is 358 g/mol. The Kier molecular flexibility index (Phi) is 4.85. The molecule has 3 aromatic rings. The number of ether oxygens (including phenoxy) is 3. The molecule has 0 spiro atoms. The number of benzene rings is 2. The molecule has 0 amide bonds. The predicted octanol–water partition coefficient (Wildman–Crippen LogP) is 3.77. The molecule has 0 fully saturated rings. The van der Waals surface area contributed by atoms with Crippen molar-refractivity contribution in [3.05, 3.63) is 65.9 Å². The lowest BCUT2D eigenvalue weighted by Crippen LogP contribution is -2.23. The number of H-pyrrole nitrogens is 1. The SMILES string of the molecule is C[C@@H](OC(=O)/C=C/c1ccc2c(c1)OCCO2)C(=O)c1c[nH]c2ccccc12. The first kappa shape index (κ1) is 17.9. The van der Waals surface area contributed by atoms with Crippen LogP contribution >= 0.6 is 0 Å². The number of hydrogen-bond acceptors (Lipinski definition) is 5. The van der Waals surface area contributed by atoms with Crippen molar-refractivity contribution in [1.82, 2.24) is 4.98 Å². The average Bonchev–Trinajstić information content (AvgIpc) is 3.15. The van der Waals surface area contributed by atoms with Crippen molar-refractivity contribution in [1.29, 1.82) is 0 Å². The number of hydrogen-bond donors (Lipinski definition) is 1. The van der Waals surface area contributed by atoms with Gasteiger partial charge >= 0.3 is 5.97 Å². The molecule has 0 saturated heterocycles. The van der Waals surface area contributed by atoms with E-state index in [1.165, 1.54) is 6.08 Å². The Bertz CT molecular complexity index is 1070. The highest BCUT2D eigenvalue weighted by Crippen LogP contribution is 2.31. The predicted molar refractivity (Wildman–Crippen MR) is 105 cm³/mol. The number of fused-ring (bicyclic) bond motifs is 2. The Labute approximate surface area is 161 Å². The molecule has 1 aromatic heterocycles. The van der Waals surface area contributed by atoms with E-state index in [9.17, 15) is 9.59 Å². The van der Waals surface area contributed by atoms with Crippen LogP contribution in [0.5, 0.6) is 11.5 Å². The van der Waals surface area contributed by atoms with Gasteiger partial charge in [-0.05, 0) is 36.8 Å². The Morgan fingerprint density at radius 2 is 1.89 bits per heavy atom. The summed E-state index contributed by atoms with van der Waals surface area (Å²) in [5.41, 5.74) is 2.14. The first-order chi connectivity index (χ1) is 13.6. The number of aromatic amines is 1. The van der Waals surface area contributed by atoms with Crippen molar-refractivity contribution in [2.45, 2.75) is 13.0 Å². The van der Waals surface area contributed by atoms with Gasteiger partial charge < -0.3 is 19.2 Å². The molecule has 142 valence electrons. The largest absolute Gasteiger partial charge is 0.486 e. The standard InChI is InChI=1S/C22H19NO5/c1-14(22(25)17-13-23-18-5-3-2-4-16(17)18)28-21(24)9-7-15-6-8-19-20(12-15)27-11-10-26-19/h2-9,12-14,23H,10-11H2,1H3/b9-7+/t14-/m1/s1. The zero-order valence-corrected chi connectivity index (χ0v) is 15.3. The summed E-state index contributed by atoms with van der Waals surface area (Å²) in [5, 5.41) is 0.808. The minimum atomic E-state index is -0.892. The van der Waals surface area contributed by atoms with E-state index >= 15 is 0 Å². The molecule has 0 bridgehead atoms. The number of carbonyl (C=O) groups is 2. The van der Waals surface area contributed by atoms with Gasteiger partial charge in [-0.25, -0.2) is 4.79 Å². The molecule has 4 rings (SSSR count). The van der Waals surface area contributed by atoms with Crippen molar-refractivity contribution >= 4 is 28.7 Å². The Morgan fingerprint density at radius 1 is 1.11 bits per heavy atom. The monoisotopic (exact) mass is 377 g/mol. The topological polar surface area (TPSA) is 77.6 Å². The Balaban J connectivity index is 1.41. The molecule has 1 aliphatic rings. The second-order valence-corrected chi connectivity index (χ2v) is 6.43. The smallest absolute Gasteiger partial charge is 0.331 e. The average molecular weight is 377 g/mol.